The van der Waals surface area contributed by atoms with E-state index in [9.17, 15) is 0 Å². The second-order valence-corrected chi connectivity index (χ2v) is 5.69. The number of methoxy groups -OCH3 is 1. The molecule has 0 saturated heterocycles. The monoisotopic (exact) mass is 290 g/mol. The Hall–Kier alpha value is -1.23. The quantitative estimate of drug-likeness (QED) is 0.794. The first kappa shape index (κ1) is 15.2. The third-order valence-corrected chi connectivity index (χ3v) is 4.29. The van der Waals surface area contributed by atoms with E-state index in [2.05, 4.69) is 46.9 Å². The van der Waals surface area contributed by atoms with Gasteiger partial charge in [0, 0.05) is 24.7 Å². The van der Waals surface area contributed by atoms with Gasteiger partial charge in [-0.2, -0.15) is 0 Å². The minimum atomic E-state index is 0.148. The van der Waals surface area contributed by atoms with Gasteiger partial charge in [0.1, 0.15) is 5.01 Å². The maximum Gasteiger partial charge on any atom is 0.114 e. The highest BCUT2D eigenvalue weighted by molar-refractivity contribution is 7.09. The molecule has 0 amide bonds. The highest BCUT2D eigenvalue weighted by Crippen LogP contribution is 2.25. The Bertz CT molecular complexity index is 522. The van der Waals surface area contributed by atoms with Gasteiger partial charge in [0.05, 0.1) is 12.6 Å². The van der Waals surface area contributed by atoms with Crippen LogP contribution in [0.2, 0.25) is 0 Å². The summed E-state index contributed by atoms with van der Waals surface area (Å²) in [7, 11) is 1.72. The predicted molar refractivity (Wildman–Crippen MR) is 84.4 cm³/mol. The molecular formula is C16H22N2OS. The lowest BCUT2D eigenvalue weighted by Gasteiger charge is -2.17. The first-order valence-corrected chi connectivity index (χ1v) is 7.85. The maximum atomic E-state index is 5.13. The van der Waals surface area contributed by atoms with Crippen LogP contribution >= 0.6 is 11.3 Å². The van der Waals surface area contributed by atoms with E-state index in [1.807, 2.05) is 6.92 Å². The molecule has 2 aromatic rings. The van der Waals surface area contributed by atoms with E-state index in [-0.39, 0.29) is 6.04 Å². The molecule has 0 aliphatic heterocycles. The van der Waals surface area contributed by atoms with Crippen molar-refractivity contribution in [3.63, 3.8) is 0 Å². The molecule has 1 aromatic heterocycles. The fraction of sp³-hybridized carbons (Fsp3) is 0.438. The Morgan fingerprint density at radius 1 is 1.30 bits per heavy atom. The van der Waals surface area contributed by atoms with E-state index in [0.717, 1.165) is 23.7 Å². The van der Waals surface area contributed by atoms with Gasteiger partial charge in [-0.05, 0) is 24.5 Å². The van der Waals surface area contributed by atoms with Gasteiger partial charge in [-0.1, -0.05) is 31.2 Å². The van der Waals surface area contributed by atoms with Crippen LogP contribution in [0.4, 0.5) is 0 Å². The zero-order valence-electron chi connectivity index (χ0n) is 12.3. The van der Waals surface area contributed by atoms with Crippen LogP contribution < -0.4 is 5.32 Å². The van der Waals surface area contributed by atoms with Crippen molar-refractivity contribution in [3.8, 4) is 0 Å². The summed E-state index contributed by atoms with van der Waals surface area (Å²) >= 11 is 1.71. The van der Waals surface area contributed by atoms with Crippen LogP contribution in [0.1, 0.15) is 34.8 Å². The van der Waals surface area contributed by atoms with Crippen molar-refractivity contribution in [2.45, 2.75) is 26.3 Å². The zero-order valence-corrected chi connectivity index (χ0v) is 13.2. The summed E-state index contributed by atoms with van der Waals surface area (Å²) in [6.45, 7) is 5.73. The van der Waals surface area contributed by atoms with Crippen molar-refractivity contribution in [1.29, 1.82) is 0 Å². The molecule has 2 rings (SSSR count). The van der Waals surface area contributed by atoms with Gasteiger partial charge in [0.2, 0.25) is 0 Å². The van der Waals surface area contributed by atoms with Crippen LogP contribution in [0.15, 0.2) is 29.6 Å². The molecular weight excluding hydrogens is 268 g/mol. The molecule has 0 bridgehead atoms. The standard InChI is InChI=1S/C16H22N2OS/c1-4-13-5-7-14(8-6-13)15(17-9-10-19-3)16-18-12(2)11-20-16/h5-8,11,15,17H,4,9-10H2,1-3H3. The van der Waals surface area contributed by atoms with E-state index < -0.39 is 0 Å². The van der Waals surface area contributed by atoms with E-state index in [4.69, 9.17) is 4.74 Å². The Balaban J connectivity index is 2.20. The largest absolute Gasteiger partial charge is 0.383 e. The van der Waals surface area contributed by atoms with Crippen molar-refractivity contribution >= 4 is 11.3 Å². The van der Waals surface area contributed by atoms with Crippen molar-refractivity contribution in [2.24, 2.45) is 0 Å². The fourth-order valence-electron chi connectivity index (χ4n) is 2.10. The maximum absolute atomic E-state index is 5.13. The average molecular weight is 290 g/mol. The second-order valence-electron chi connectivity index (χ2n) is 4.80. The SMILES string of the molecule is CCc1ccc(C(NCCOC)c2nc(C)cs2)cc1. The molecule has 0 spiro atoms. The normalized spacial score (nSPS) is 12.6. The highest BCUT2D eigenvalue weighted by Gasteiger charge is 2.16. The van der Waals surface area contributed by atoms with Crippen molar-refractivity contribution in [3.05, 3.63) is 51.5 Å². The molecule has 1 atom stereocenters. The molecule has 0 aliphatic rings. The van der Waals surface area contributed by atoms with Gasteiger partial charge in [-0.3, -0.25) is 0 Å². The summed E-state index contributed by atoms with van der Waals surface area (Å²) in [5.74, 6) is 0. The van der Waals surface area contributed by atoms with Gasteiger partial charge < -0.3 is 10.1 Å². The van der Waals surface area contributed by atoms with Crippen molar-refractivity contribution < 1.29 is 4.74 Å². The van der Waals surface area contributed by atoms with E-state index >= 15 is 0 Å². The molecule has 4 heteroatoms. The molecule has 0 radical (unpaired) electrons. The lowest BCUT2D eigenvalue weighted by molar-refractivity contribution is 0.197. The number of nitrogens with zero attached hydrogens (tertiary/aromatic N) is 1. The molecule has 108 valence electrons. The molecule has 1 aromatic carbocycles. The van der Waals surface area contributed by atoms with Gasteiger partial charge in [-0.15, -0.1) is 11.3 Å². The second kappa shape index (κ2) is 7.53. The molecule has 1 unspecified atom stereocenters. The number of ether oxygens (including phenoxy) is 1. The van der Waals surface area contributed by atoms with E-state index in [1.54, 1.807) is 18.4 Å². The van der Waals surface area contributed by atoms with E-state index in [1.165, 1.54) is 11.1 Å². The fourth-order valence-corrected chi connectivity index (χ4v) is 3.00. The third-order valence-electron chi connectivity index (χ3n) is 3.26. The van der Waals surface area contributed by atoms with Crippen LogP contribution in [0, 0.1) is 6.92 Å². The number of hydrogen-bond donors (Lipinski definition) is 1. The van der Waals surface area contributed by atoms with Crippen molar-refractivity contribution in [2.75, 3.05) is 20.3 Å². The number of nitrogens with one attached hydrogen (secondary N) is 1. The summed E-state index contributed by atoms with van der Waals surface area (Å²) in [4.78, 5) is 4.62. The third kappa shape index (κ3) is 3.88. The summed E-state index contributed by atoms with van der Waals surface area (Å²) in [6.07, 6.45) is 1.07. The Morgan fingerprint density at radius 3 is 2.60 bits per heavy atom. The van der Waals surface area contributed by atoms with Crippen molar-refractivity contribution in [1.82, 2.24) is 10.3 Å². The smallest absolute Gasteiger partial charge is 0.114 e. The Kier molecular flexibility index (Phi) is 5.71. The topological polar surface area (TPSA) is 34.1 Å². The predicted octanol–water partition coefficient (Wildman–Crippen LogP) is 3.34. The lowest BCUT2D eigenvalue weighted by atomic mass is 10.0. The Morgan fingerprint density at radius 2 is 2.05 bits per heavy atom. The van der Waals surface area contributed by atoms with Crippen LogP contribution in [0.25, 0.3) is 0 Å². The molecule has 20 heavy (non-hydrogen) atoms. The molecule has 0 fully saturated rings. The minimum Gasteiger partial charge on any atom is -0.383 e. The molecule has 1 N–H and O–H groups in total. The number of aryl methyl sites for hydroxylation is 2. The number of benzene rings is 1. The summed E-state index contributed by atoms with van der Waals surface area (Å²) < 4.78 is 5.13. The van der Waals surface area contributed by atoms with Crippen LogP contribution in [-0.4, -0.2) is 25.2 Å². The van der Waals surface area contributed by atoms with Crippen LogP contribution in [0.5, 0.6) is 0 Å². The van der Waals surface area contributed by atoms with E-state index in [0.29, 0.717) is 6.61 Å². The van der Waals surface area contributed by atoms with Crippen LogP contribution in [-0.2, 0) is 11.2 Å². The first-order valence-electron chi connectivity index (χ1n) is 6.97. The average Bonchev–Trinajstić information content (AvgIpc) is 2.90. The first-order chi connectivity index (χ1) is 9.74. The molecule has 0 saturated carbocycles. The Labute approximate surface area is 125 Å². The molecule has 1 heterocycles. The van der Waals surface area contributed by atoms with Crippen LogP contribution in [0.3, 0.4) is 0 Å². The minimum absolute atomic E-state index is 0.148. The number of rotatable bonds is 7. The van der Waals surface area contributed by atoms with Gasteiger partial charge >= 0.3 is 0 Å². The lowest BCUT2D eigenvalue weighted by Crippen LogP contribution is -2.26. The van der Waals surface area contributed by atoms with Gasteiger partial charge in [-0.25, -0.2) is 4.98 Å². The zero-order chi connectivity index (χ0) is 14.4. The summed E-state index contributed by atoms with van der Waals surface area (Å²) in [5, 5.41) is 6.74. The molecule has 3 nitrogen and oxygen atoms in total. The molecule has 0 aliphatic carbocycles. The van der Waals surface area contributed by atoms with Gasteiger partial charge in [0.15, 0.2) is 0 Å². The van der Waals surface area contributed by atoms with Gasteiger partial charge in [0.25, 0.3) is 0 Å². The summed E-state index contributed by atoms with van der Waals surface area (Å²) in [6, 6.07) is 8.93. The highest BCUT2D eigenvalue weighted by atomic mass is 32.1. The summed E-state index contributed by atoms with van der Waals surface area (Å²) in [5.41, 5.74) is 3.70. The number of thiazole rings is 1. The number of aromatic nitrogens is 1. The number of hydrogen-bond acceptors (Lipinski definition) is 4.